The van der Waals surface area contributed by atoms with Crippen LogP contribution in [0, 0.1) is 11.7 Å². The van der Waals surface area contributed by atoms with Crippen LogP contribution >= 0.6 is 0 Å². The summed E-state index contributed by atoms with van der Waals surface area (Å²) in [5.74, 6) is -1.77. The number of carbonyl (C=O) groups excluding carboxylic acids is 2. The van der Waals surface area contributed by atoms with E-state index >= 15 is 0 Å². The molecule has 0 atom stereocenters. The van der Waals surface area contributed by atoms with E-state index < -0.39 is 28.1 Å². The lowest BCUT2D eigenvalue weighted by atomic mass is 10.0. The zero-order valence-corrected chi connectivity index (χ0v) is 19.4. The van der Waals surface area contributed by atoms with Crippen LogP contribution in [-0.2, 0) is 21.2 Å². The molecule has 0 radical (unpaired) electrons. The van der Waals surface area contributed by atoms with Gasteiger partial charge in [-0.15, -0.1) is 0 Å². The van der Waals surface area contributed by atoms with Gasteiger partial charge in [-0.2, -0.15) is 0 Å². The van der Waals surface area contributed by atoms with Crippen molar-refractivity contribution in [1.29, 1.82) is 0 Å². The minimum atomic E-state index is -4.02. The number of primary amides is 1. The van der Waals surface area contributed by atoms with Crippen molar-refractivity contribution in [3.8, 4) is 11.1 Å². The second-order valence-corrected chi connectivity index (χ2v) is 10.3. The number of fused-ring (bicyclic) bond motifs is 1. The number of amides is 2. The smallest absolute Gasteiger partial charge is 0.261 e. The Balaban J connectivity index is 1.41. The molecule has 3 aromatic rings. The van der Waals surface area contributed by atoms with Crippen molar-refractivity contribution < 1.29 is 25.1 Å². The fourth-order valence-corrected chi connectivity index (χ4v) is 5.15. The van der Waals surface area contributed by atoms with Gasteiger partial charge in [0.25, 0.3) is 15.9 Å². The molecule has 1 heterocycles. The zero-order chi connectivity index (χ0) is 26.5. The maximum atomic E-state index is 13.8. The molecule has 0 unspecified atom stereocenters. The van der Waals surface area contributed by atoms with Gasteiger partial charge in [0.05, 0.1) is 16.1 Å². The Morgan fingerprint density at radius 2 is 1.74 bits per heavy atom. The highest BCUT2D eigenvalue weighted by molar-refractivity contribution is 7.92. The summed E-state index contributed by atoms with van der Waals surface area (Å²) < 4.78 is 59.1. The molecule has 0 saturated heterocycles. The van der Waals surface area contributed by atoms with Gasteiger partial charge in [0.15, 0.2) is 0 Å². The first-order valence-corrected chi connectivity index (χ1v) is 12.6. The number of sulfonamides is 1. The van der Waals surface area contributed by atoms with E-state index in [0.29, 0.717) is 22.4 Å². The molecule has 5 rings (SSSR count). The molecule has 2 aliphatic rings. The lowest BCUT2D eigenvalue weighted by Crippen LogP contribution is -2.36. The van der Waals surface area contributed by atoms with Crippen molar-refractivity contribution in [2.24, 2.45) is 11.7 Å². The van der Waals surface area contributed by atoms with Crippen LogP contribution < -0.4 is 15.4 Å². The number of hydrogen-bond donors (Lipinski definition) is 2. The molecule has 1 aliphatic carbocycles. The maximum absolute atomic E-state index is 13.8. The Morgan fingerprint density at radius 1 is 1.03 bits per heavy atom. The lowest BCUT2D eigenvalue weighted by molar-refractivity contribution is -0.119. The predicted octanol–water partition coefficient (Wildman–Crippen LogP) is 4.08. The minimum Gasteiger partial charge on any atom is -0.366 e. The normalized spacial score (nSPS) is 17.7. The van der Waals surface area contributed by atoms with Crippen LogP contribution in [0.25, 0.3) is 11.1 Å². The van der Waals surface area contributed by atoms with Crippen molar-refractivity contribution >= 4 is 33.2 Å². The van der Waals surface area contributed by atoms with Crippen LogP contribution in [0.1, 0.15) is 37.9 Å². The summed E-state index contributed by atoms with van der Waals surface area (Å²) in [4.78, 5) is 25.8. The summed E-state index contributed by atoms with van der Waals surface area (Å²) in [6.45, 7) is 0.230. The van der Waals surface area contributed by atoms with Gasteiger partial charge in [0, 0.05) is 20.9 Å². The summed E-state index contributed by atoms with van der Waals surface area (Å²) in [7, 11) is -4.02. The molecule has 3 N–H and O–H groups in total. The molecule has 9 heteroatoms. The number of hydrogen-bond acceptors (Lipinski definition) is 4. The molecule has 1 fully saturated rings. The van der Waals surface area contributed by atoms with Gasteiger partial charge >= 0.3 is 0 Å². The third kappa shape index (κ3) is 4.64. The van der Waals surface area contributed by atoms with E-state index in [1.165, 1.54) is 54.6 Å². The van der Waals surface area contributed by atoms with E-state index in [1.807, 2.05) is 0 Å². The second-order valence-electron chi connectivity index (χ2n) is 8.61. The molecule has 2 amide bonds. The van der Waals surface area contributed by atoms with Crippen molar-refractivity contribution in [3.05, 3.63) is 77.6 Å². The number of rotatable bonds is 6. The van der Waals surface area contributed by atoms with Crippen LogP contribution in [0.4, 0.5) is 15.8 Å². The summed E-state index contributed by atoms with van der Waals surface area (Å²) in [6, 6.07) is 14.2. The Labute approximate surface area is 205 Å². The largest absolute Gasteiger partial charge is 0.366 e. The number of nitrogens with zero attached hydrogens (tertiary/aromatic N) is 1. The Morgan fingerprint density at radius 3 is 2.43 bits per heavy atom. The highest BCUT2D eigenvalue weighted by Crippen LogP contribution is 2.37. The van der Waals surface area contributed by atoms with Crippen molar-refractivity contribution in [2.75, 3.05) is 16.2 Å². The molecule has 0 spiro atoms. The van der Waals surface area contributed by atoms with Crippen LogP contribution in [0.5, 0.6) is 0 Å². The Hall–Kier alpha value is -3.72. The molecule has 0 bridgehead atoms. The van der Waals surface area contributed by atoms with Gasteiger partial charge in [-0.05, 0) is 78.7 Å². The van der Waals surface area contributed by atoms with Crippen molar-refractivity contribution in [3.63, 3.8) is 0 Å². The second kappa shape index (κ2) is 8.81. The van der Waals surface area contributed by atoms with Gasteiger partial charge in [0.2, 0.25) is 5.91 Å². The molecule has 1 aliphatic heterocycles. The highest BCUT2D eigenvalue weighted by atomic mass is 32.2. The summed E-state index contributed by atoms with van der Waals surface area (Å²) in [5.41, 5.74) is 6.95. The maximum Gasteiger partial charge on any atom is 0.261 e. The Kier molecular flexibility index (Phi) is 5.19. The van der Waals surface area contributed by atoms with Crippen LogP contribution in [0.2, 0.25) is 0 Å². The van der Waals surface area contributed by atoms with E-state index in [0.717, 1.165) is 18.9 Å². The number of anilines is 2. The van der Waals surface area contributed by atoms with E-state index in [2.05, 4.69) is 4.72 Å². The van der Waals surface area contributed by atoms with E-state index in [1.54, 1.807) is 4.90 Å². The average molecular weight is 496 g/mol. The third-order valence-electron chi connectivity index (χ3n) is 6.11. The first-order valence-electron chi connectivity index (χ1n) is 12.1. The minimum absolute atomic E-state index is 0.0348. The fourth-order valence-electron chi connectivity index (χ4n) is 4.10. The van der Waals surface area contributed by atoms with Crippen LogP contribution in [0.3, 0.4) is 0 Å². The monoisotopic (exact) mass is 495 g/mol. The van der Waals surface area contributed by atoms with E-state index in [4.69, 9.17) is 8.48 Å². The lowest BCUT2D eigenvalue weighted by Gasteiger charge is -2.30. The molecule has 180 valence electrons. The number of aryl methyl sites for hydroxylation is 1. The summed E-state index contributed by atoms with van der Waals surface area (Å²) in [5, 5.41) is 0. The van der Waals surface area contributed by atoms with Crippen LogP contribution in [-0.4, -0.2) is 26.8 Å². The molecule has 0 aromatic heterocycles. The van der Waals surface area contributed by atoms with Crippen molar-refractivity contribution in [2.45, 2.75) is 30.5 Å². The van der Waals surface area contributed by atoms with Crippen molar-refractivity contribution in [1.82, 2.24) is 0 Å². The predicted molar refractivity (Wildman–Crippen MR) is 131 cm³/mol. The highest BCUT2D eigenvalue weighted by Gasteiger charge is 2.35. The molecule has 1 saturated carbocycles. The van der Waals surface area contributed by atoms with Gasteiger partial charge in [-0.1, -0.05) is 24.3 Å². The van der Waals surface area contributed by atoms with Gasteiger partial charge in [-0.25, -0.2) is 12.8 Å². The van der Waals surface area contributed by atoms with Crippen LogP contribution in [0.15, 0.2) is 65.6 Å². The number of carbonyl (C=O) groups is 2. The number of halogens is 1. The number of nitrogens with one attached hydrogen (secondary N) is 1. The first-order chi connectivity index (χ1) is 17.5. The average Bonchev–Trinajstić information content (AvgIpc) is 3.69. The van der Waals surface area contributed by atoms with Gasteiger partial charge in [0.1, 0.15) is 5.82 Å². The van der Waals surface area contributed by atoms with Gasteiger partial charge < -0.3 is 10.6 Å². The molecular formula is C26H24FN3O4S. The molecule has 3 aromatic carbocycles. The summed E-state index contributed by atoms with van der Waals surface area (Å²) >= 11 is 0. The first kappa shape index (κ1) is 20.6. The number of nitrogens with two attached hydrogens (primary N) is 1. The fraction of sp³-hybridized carbons (Fsp3) is 0.231. The topological polar surface area (TPSA) is 110 Å². The Bertz CT molecular complexity index is 1520. The quantitative estimate of drug-likeness (QED) is 0.537. The molecule has 35 heavy (non-hydrogen) atoms. The van der Waals surface area contributed by atoms with E-state index in [9.17, 15) is 22.4 Å². The number of benzene rings is 3. The molecular weight excluding hydrogens is 469 g/mol. The SMILES string of the molecule is [2H]C1([2H])CCN(C(=O)C2CC2)c2cc(NS(=O)(=O)c3ccc(-c4ccc(F)c(C(N)=O)c4)cc3)ccc21. The summed E-state index contributed by atoms with van der Waals surface area (Å²) in [6.07, 6.45) is 0.159. The van der Waals surface area contributed by atoms with E-state index in [-0.39, 0.29) is 40.9 Å². The molecule has 7 nitrogen and oxygen atoms in total. The zero-order valence-electron chi connectivity index (χ0n) is 20.6. The standard InChI is InChI=1S/C26H24FN3O4S/c27-23-12-8-19(14-22(23)25(28)31)16-6-10-21(11-7-16)35(33,34)29-20-9-5-17-2-1-13-30(24(17)15-20)26(32)18-3-4-18/h5-12,14-15,18,29H,1-4,13H2,(H2,28,31)/i2D2. The third-order valence-corrected chi connectivity index (χ3v) is 7.51. The van der Waals surface area contributed by atoms with Gasteiger partial charge in [-0.3, -0.25) is 14.3 Å².